The second-order valence-electron chi connectivity index (χ2n) is 4.09. The highest BCUT2D eigenvalue weighted by molar-refractivity contribution is 6.00. The Morgan fingerprint density at radius 3 is 2.70 bits per heavy atom. The number of anilines is 2. The maximum Gasteiger partial charge on any atom is 0.337 e. The van der Waals surface area contributed by atoms with E-state index in [1.165, 1.54) is 13.3 Å². The van der Waals surface area contributed by atoms with Crippen LogP contribution in [0.5, 0.6) is 0 Å². The van der Waals surface area contributed by atoms with Gasteiger partial charge in [0.15, 0.2) is 0 Å². The lowest BCUT2D eigenvalue weighted by molar-refractivity contribution is 0.0600. The molecule has 0 aliphatic carbocycles. The number of hydrogen-bond donors (Lipinski definition) is 3. The number of nitrogens with zero attached hydrogens (tertiary/aromatic N) is 1. The van der Waals surface area contributed by atoms with E-state index in [0.29, 0.717) is 16.9 Å². The van der Waals surface area contributed by atoms with E-state index in [0.717, 1.165) is 5.56 Å². The van der Waals surface area contributed by atoms with Crippen molar-refractivity contribution in [2.45, 2.75) is 6.92 Å². The van der Waals surface area contributed by atoms with Crippen molar-refractivity contribution in [3.05, 3.63) is 41.7 Å². The number of hydrogen-bond acceptors (Lipinski definition) is 4. The minimum atomic E-state index is -0.414. The van der Waals surface area contributed by atoms with Crippen molar-refractivity contribution in [2.75, 3.05) is 17.7 Å². The Balaban J connectivity index is 2.06. The fraction of sp³-hybridized carbons (Fsp3) is 0.154. The number of esters is 1. The highest BCUT2D eigenvalue weighted by Crippen LogP contribution is 2.17. The zero-order valence-corrected chi connectivity index (χ0v) is 11.1. The second-order valence-corrected chi connectivity index (χ2v) is 4.09. The number of methoxy groups -OCH3 is 1. The molecule has 2 aromatic rings. The van der Waals surface area contributed by atoms with Crippen LogP contribution in [0.2, 0.25) is 0 Å². The van der Waals surface area contributed by atoms with E-state index in [4.69, 9.17) is 0 Å². The van der Waals surface area contributed by atoms with Crippen molar-refractivity contribution in [1.29, 1.82) is 0 Å². The monoisotopic (exact) mass is 274 g/mol. The summed E-state index contributed by atoms with van der Waals surface area (Å²) in [6, 6.07) is 4.50. The number of benzene rings is 1. The number of nitrogens with one attached hydrogen (secondary N) is 3. The standard InChI is InChI=1S/C13H14N4O3/c1-8-5-9(12(18)20-2)3-4-11(8)17-13(19)16-10-6-14-15-7-10/h3-7H,1-2H3,(H,14,15)(H2,16,17,19). The van der Waals surface area contributed by atoms with Gasteiger partial charge in [0.05, 0.1) is 24.6 Å². The van der Waals surface area contributed by atoms with Crippen LogP contribution >= 0.6 is 0 Å². The largest absolute Gasteiger partial charge is 0.465 e. The lowest BCUT2D eigenvalue weighted by Crippen LogP contribution is -2.19. The molecule has 2 amide bonds. The highest BCUT2D eigenvalue weighted by Gasteiger charge is 2.09. The van der Waals surface area contributed by atoms with Gasteiger partial charge in [-0.1, -0.05) is 0 Å². The van der Waals surface area contributed by atoms with Gasteiger partial charge in [0.25, 0.3) is 0 Å². The van der Waals surface area contributed by atoms with Crippen LogP contribution < -0.4 is 10.6 Å². The number of H-pyrrole nitrogens is 1. The van der Waals surface area contributed by atoms with Crippen LogP contribution in [0, 0.1) is 6.92 Å². The first kappa shape index (κ1) is 13.6. The summed E-state index contributed by atoms with van der Waals surface area (Å²) in [5.74, 6) is -0.414. The summed E-state index contributed by atoms with van der Waals surface area (Å²) in [5.41, 5.74) is 2.37. The van der Waals surface area contributed by atoms with Gasteiger partial charge in [0.1, 0.15) is 0 Å². The Morgan fingerprint density at radius 2 is 2.10 bits per heavy atom. The van der Waals surface area contributed by atoms with E-state index >= 15 is 0 Å². The predicted octanol–water partition coefficient (Wildman–Crippen LogP) is 2.15. The molecule has 20 heavy (non-hydrogen) atoms. The van der Waals surface area contributed by atoms with Crippen molar-refractivity contribution < 1.29 is 14.3 Å². The number of aryl methyl sites for hydroxylation is 1. The van der Waals surface area contributed by atoms with Gasteiger partial charge in [-0.05, 0) is 30.7 Å². The summed E-state index contributed by atoms with van der Waals surface area (Å²) in [7, 11) is 1.32. The number of amides is 2. The third-order valence-corrected chi connectivity index (χ3v) is 2.65. The molecule has 0 atom stereocenters. The van der Waals surface area contributed by atoms with Crippen LogP contribution in [0.3, 0.4) is 0 Å². The molecule has 0 aliphatic heterocycles. The van der Waals surface area contributed by atoms with Crippen molar-refractivity contribution in [2.24, 2.45) is 0 Å². The summed E-state index contributed by atoms with van der Waals surface area (Å²) >= 11 is 0. The highest BCUT2D eigenvalue weighted by atomic mass is 16.5. The van der Waals surface area contributed by atoms with E-state index in [-0.39, 0.29) is 6.03 Å². The first-order valence-corrected chi connectivity index (χ1v) is 5.86. The van der Waals surface area contributed by atoms with Crippen LogP contribution in [0.4, 0.5) is 16.2 Å². The van der Waals surface area contributed by atoms with Gasteiger partial charge in [-0.2, -0.15) is 5.10 Å². The third kappa shape index (κ3) is 3.14. The number of aromatic amines is 1. The first-order chi connectivity index (χ1) is 9.60. The Bertz CT molecular complexity index is 623. The van der Waals surface area contributed by atoms with Crippen LogP contribution in [0.1, 0.15) is 15.9 Å². The Kier molecular flexibility index (Phi) is 3.99. The number of ether oxygens (including phenoxy) is 1. The summed E-state index contributed by atoms with van der Waals surface area (Å²) in [5, 5.41) is 11.6. The SMILES string of the molecule is COC(=O)c1ccc(NC(=O)Nc2cn[nH]c2)c(C)c1. The molecular formula is C13H14N4O3. The Hall–Kier alpha value is -2.83. The molecule has 0 aliphatic rings. The van der Waals surface area contributed by atoms with Gasteiger partial charge in [-0.3, -0.25) is 5.10 Å². The Morgan fingerprint density at radius 1 is 1.30 bits per heavy atom. The van der Waals surface area contributed by atoms with Gasteiger partial charge in [0.2, 0.25) is 0 Å². The molecule has 104 valence electrons. The molecule has 0 radical (unpaired) electrons. The van der Waals surface area contributed by atoms with Gasteiger partial charge in [-0.15, -0.1) is 0 Å². The molecule has 1 aromatic heterocycles. The zero-order valence-electron chi connectivity index (χ0n) is 11.1. The number of aromatic nitrogens is 2. The molecule has 7 nitrogen and oxygen atoms in total. The Labute approximate surface area is 115 Å². The first-order valence-electron chi connectivity index (χ1n) is 5.86. The third-order valence-electron chi connectivity index (χ3n) is 2.65. The van der Waals surface area contributed by atoms with Crippen LogP contribution in [0.15, 0.2) is 30.6 Å². The molecule has 3 N–H and O–H groups in total. The molecule has 0 fully saturated rings. The fourth-order valence-electron chi connectivity index (χ4n) is 1.65. The van der Waals surface area contributed by atoms with Crippen molar-refractivity contribution in [3.63, 3.8) is 0 Å². The van der Waals surface area contributed by atoms with Crippen LogP contribution in [0.25, 0.3) is 0 Å². The van der Waals surface area contributed by atoms with Crippen molar-refractivity contribution in [1.82, 2.24) is 10.2 Å². The summed E-state index contributed by atoms with van der Waals surface area (Å²) in [6.07, 6.45) is 3.06. The molecule has 0 spiro atoms. The molecule has 0 bridgehead atoms. The molecular weight excluding hydrogens is 260 g/mol. The van der Waals surface area contributed by atoms with Gasteiger partial charge >= 0.3 is 12.0 Å². The van der Waals surface area contributed by atoms with Crippen LogP contribution in [-0.2, 0) is 4.74 Å². The summed E-state index contributed by atoms with van der Waals surface area (Å²) < 4.78 is 4.63. The minimum absolute atomic E-state index is 0.389. The lowest BCUT2D eigenvalue weighted by Gasteiger charge is -2.10. The van der Waals surface area contributed by atoms with E-state index < -0.39 is 5.97 Å². The normalized spacial score (nSPS) is 9.90. The lowest BCUT2D eigenvalue weighted by atomic mass is 10.1. The molecule has 1 aromatic carbocycles. The van der Waals surface area contributed by atoms with Crippen molar-refractivity contribution >= 4 is 23.4 Å². The maximum atomic E-state index is 11.8. The van der Waals surface area contributed by atoms with E-state index in [1.54, 1.807) is 31.3 Å². The number of rotatable bonds is 3. The molecule has 2 rings (SSSR count). The number of urea groups is 1. The topological polar surface area (TPSA) is 96.1 Å². The van der Waals surface area contributed by atoms with E-state index in [1.807, 2.05) is 0 Å². The fourth-order valence-corrected chi connectivity index (χ4v) is 1.65. The zero-order chi connectivity index (χ0) is 14.5. The van der Waals surface area contributed by atoms with Gasteiger partial charge in [0, 0.05) is 11.9 Å². The summed E-state index contributed by atoms with van der Waals surface area (Å²) in [6.45, 7) is 1.79. The smallest absolute Gasteiger partial charge is 0.337 e. The average Bonchev–Trinajstić information content (AvgIpc) is 2.93. The molecule has 7 heteroatoms. The molecule has 0 unspecified atom stereocenters. The molecule has 0 saturated heterocycles. The summed E-state index contributed by atoms with van der Waals surface area (Å²) in [4.78, 5) is 23.1. The van der Waals surface area contributed by atoms with E-state index in [9.17, 15) is 9.59 Å². The number of carbonyl (C=O) groups is 2. The van der Waals surface area contributed by atoms with Crippen molar-refractivity contribution in [3.8, 4) is 0 Å². The molecule has 1 heterocycles. The average molecular weight is 274 g/mol. The minimum Gasteiger partial charge on any atom is -0.465 e. The maximum absolute atomic E-state index is 11.8. The van der Waals surface area contributed by atoms with E-state index in [2.05, 4.69) is 25.6 Å². The van der Waals surface area contributed by atoms with Gasteiger partial charge in [-0.25, -0.2) is 9.59 Å². The van der Waals surface area contributed by atoms with Crippen LogP contribution in [-0.4, -0.2) is 29.3 Å². The predicted molar refractivity (Wildman–Crippen MR) is 73.7 cm³/mol. The quantitative estimate of drug-likeness (QED) is 0.747. The molecule has 0 saturated carbocycles. The van der Waals surface area contributed by atoms with Gasteiger partial charge < -0.3 is 15.4 Å². The number of carbonyl (C=O) groups excluding carboxylic acids is 2. The second kappa shape index (κ2) is 5.87.